The lowest BCUT2D eigenvalue weighted by atomic mass is 10.1. The van der Waals surface area contributed by atoms with E-state index in [2.05, 4.69) is 27.8 Å². The average Bonchev–Trinajstić information content (AvgIpc) is 2.20. The van der Waals surface area contributed by atoms with E-state index in [9.17, 15) is 4.79 Å². The highest BCUT2D eigenvalue weighted by atomic mass is 79.9. The van der Waals surface area contributed by atoms with E-state index in [1.54, 1.807) is 6.92 Å². The third kappa shape index (κ3) is 3.77. The lowest BCUT2D eigenvalue weighted by Crippen LogP contribution is -1.99. The van der Waals surface area contributed by atoms with Gasteiger partial charge in [-0.3, -0.25) is 0 Å². The maximum atomic E-state index is 11.0. The first-order chi connectivity index (χ1) is 7.13. The summed E-state index contributed by atoms with van der Waals surface area (Å²) in [5.74, 6) is 4.67. The summed E-state index contributed by atoms with van der Waals surface area (Å²) in [6.07, 6.45) is 0. The lowest BCUT2D eigenvalue weighted by Gasteiger charge is -1.97. The number of carbonyl (C=O) groups is 1. The lowest BCUT2D eigenvalue weighted by molar-refractivity contribution is -0.136. The fourth-order valence-electron chi connectivity index (χ4n) is 0.961. The molecule has 1 aromatic rings. The Bertz CT molecular complexity index is 427. The zero-order chi connectivity index (χ0) is 11.3. The first-order valence-electron chi connectivity index (χ1n) is 4.58. The van der Waals surface area contributed by atoms with Crippen molar-refractivity contribution in [2.24, 2.45) is 0 Å². The summed E-state index contributed by atoms with van der Waals surface area (Å²) in [6.45, 7) is 4.10. The van der Waals surface area contributed by atoms with Gasteiger partial charge in [-0.05, 0) is 31.5 Å². The van der Waals surface area contributed by atoms with Crippen LogP contribution in [0.3, 0.4) is 0 Å². The molecule has 0 aliphatic rings. The average molecular weight is 267 g/mol. The first-order valence-corrected chi connectivity index (χ1v) is 5.37. The molecule has 0 unspecified atom stereocenters. The molecule has 0 N–H and O–H groups in total. The SMILES string of the molecule is CCOC(=O)C#Cc1ccc(C)c(Br)c1. The Morgan fingerprint density at radius 3 is 2.87 bits per heavy atom. The Morgan fingerprint density at radius 1 is 1.53 bits per heavy atom. The van der Waals surface area contributed by atoms with Crippen LogP contribution in [0.2, 0.25) is 0 Å². The van der Waals surface area contributed by atoms with Crippen LogP contribution in [0.4, 0.5) is 0 Å². The summed E-state index contributed by atoms with van der Waals surface area (Å²) >= 11 is 3.40. The zero-order valence-corrected chi connectivity index (χ0v) is 10.2. The second kappa shape index (κ2) is 5.57. The van der Waals surface area contributed by atoms with Gasteiger partial charge in [0.25, 0.3) is 0 Å². The summed E-state index contributed by atoms with van der Waals surface area (Å²) in [5.41, 5.74) is 1.93. The second-order valence-corrected chi connectivity index (χ2v) is 3.79. The van der Waals surface area contributed by atoms with Crippen LogP contribution < -0.4 is 0 Å². The third-order valence-electron chi connectivity index (χ3n) is 1.76. The fraction of sp³-hybridized carbons (Fsp3) is 0.250. The first kappa shape index (κ1) is 11.8. The van der Waals surface area contributed by atoms with E-state index in [0.29, 0.717) is 6.61 Å². The highest BCUT2D eigenvalue weighted by molar-refractivity contribution is 9.10. The highest BCUT2D eigenvalue weighted by Gasteiger charge is 1.96. The van der Waals surface area contributed by atoms with Crippen molar-refractivity contribution in [3.63, 3.8) is 0 Å². The van der Waals surface area contributed by atoms with Gasteiger partial charge in [0.1, 0.15) is 0 Å². The number of esters is 1. The standard InChI is InChI=1S/C12H11BrO2/c1-3-15-12(14)7-6-10-5-4-9(2)11(13)8-10/h4-5,8H,3H2,1-2H3. The van der Waals surface area contributed by atoms with Gasteiger partial charge in [-0.2, -0.15) is 0 Å². The molecule has 0 bridgehead atoms. The largest absolute Gasteiger partial charge is 0.456 e. The van der Waals surface area contributed by atoms with E-state index in [1.165, 1.54) is 0 Å². The molecule has 0 saturated carbocycles. The van der Waals surface area contributed by atoms with Crippen molar-refractivity contribution in [1.29, 1.82) is 0 Å². The molecule has 0 aromatic heterocycles. The van der Waals surface area contributed by atoms with Crippen molar-refractivity contribution in [2.45, 2.75) is 13.8 Å². The molecule has 0 aliphatic heterocycles. The molecule has 0 amide bonds. The Morgan fingerprint density at radius 2 is 2.27 bits per heavy atom. The molecule has 0 radical (unpaired) electrons. The molecule has 1 aromatic carbocycles. The van der Waals surface area contributed by atoms with Crippen molar-refractivity contribution < 1.29 is 9.53 Å². The Hall–Kier alpha value is -1.27. The quantitative estimate of drug-likeness (QED) is 0.577. The molecule has 15 heavy (non-hydrogen) atoms. The van der Waals surface area contributed by atoms with E-state index in [1.807, 2.05) is 25.1 Å². The molecule has 0 atom stereocenters. The summed E-state index contributed by atoms with van der Waals surface area (Å²) < 4.78 is 5.68. The van der Waals surface area contributed by atoms with E-state index < -0.39 is 5.97 Å². The van der Waals surface area contributed by atoms with Crippen LogP contribution in [0.5, 0.6) is 0 Å². The molecule has 0 spiro atoms. The maximum Gasteiger partial charge on any atom is 0.384 e. The van der Waals surface area contributed by atoms with Gasteiger partial charge in [0, 0.05) is 16.0 Å². The predicted molar refractivity (Wildman–Crippen MR) is 62.4 cm³/mol. The molecule has 0 saturated heterocycles. The molecule has 3 heteroatoms. The maximum absolute atomic E-state index is 11.0. The predicted octanol–water partition coefficient (Wildman–Crippen LogP) is 2.67. The number of benzene rings is 1. The summed E-state index contributed by atoms with van der Waals surface area (Å²) in [4.78, 5) is 11.0. The number of carbonyl (C=O) groups excluding carboxylic acids is 1. The van der Waals surface area contributed by atoms with Crippen LogP contribution in [-0.2, 0) is 9.53 Å². The van der Waals surface area contributed by atoms with Crippen molar-refractivity contribution in [3.05, 3.63) is 33.8 Å². The molecule has 0 heterocycles. The molecule has 2 nitrogen and oxygen atoms in total. The van der Waals surface area contributed by atoms with Gasteiger partial charge in [-0.15, -0.1) is 0 Å². The fourth-order valence-corrected chi connectivity index (χ4v) is 1.34. The van der Waals surface area contributed by atoms with E-state index in [0.717, 1.165) is 15.6 Å². The number of hydrogen-bond acceptors (Lipinski definition) is 2. The van der Waals surface area contributed by atoms with Crippen LogP contribution in [0.25, 0.3) is 0 Å². The number of hydrogen-bond donors (Lipinski definition) is 0. The minimum absolute atomic E-state index is 0.352. The molecular weight excluding hydrogens is 256 g/mol. The van der Waals surface area contributed by atoms with Crippen LogP contribution >= 0.6 is 15.9 Å². The monoisotopic (exact) mass is 266 g/mol. The third-order valence-corrected chi connectivity index (χ3v) is 2.61. The summed E-state index contributed by atoms with van der Waals surface area (Å²) in [5, 5.41) is 0. The molecular formula is C12H11BrO2. The molecule has 1 rings (SSSR count). The van der Waals surface area contributed by atoms with E-state index in [-0.39, 0.29) is 0 Å². The Labute approximate surface area is 97.8 Å². The number of aryl methyl sites for hydroxylation is 1. The van der Waals surface area contributed by atoms with Gasteiger partial charge in [0.05, 0.1) is 6.61 Å². The summed E-state index contributed by atoms with van der Waals surface area (Å²) in [6, 6.07) is 5.69. The Kier molecular flexibility index (Phi) is 4.38. The number of halogens is 1. The smallest absolute Gasteiger partial charge is 0.384 e. The number of rotatable bonds is 1. The van der Waals surface area contributed by atoms with Crippen LogP contribution in [-0.4, -0.2) is 12.6 Å². The van der Waals surface area contributed by atoms with Gasteiger partial charge in [-0.1, -0.05) is 27.9 Å². The van der Waals surface area contributed by atoms with Gasteiger partial charge >= 0.3 is 5.97 Å². The van der Waals surface area contributed by atoms with Gasteiger partial charge in [0.2, 0.25) is 0 Å². The van der Waals surface area contributed by atoms with Crippen LogP contribution in [0.15, 0.2) is 22.7 Å². The minimum Gasteiger partial charge on any atom is -0.456 e. The van der Waals surface area contributed by atoms with Crippen LogP contribution in [0, 0.1) is 18.8 Å². The van der Waals surface area contributed by atoms with E-state index >= 15 is 0 Å². The molecule has 0 aliphatic carbocycles. The second-order valence-electron chi connectivity index (χ2n) is 2.93. The van der Waals surface area contributed by atoms with E-state index in [4.69, 9.17) is 4.74 Å². The van der Waals surface area contributed by atoms with Crippen molar-refractivity contribution in [1.82, 2.24) is 0 Å². The highest BCUT2D eigenvalue weighted by Crippen LogP contribution is 2.16. The topological polar surface area (TPSA) is 26.3 Å². The van der Waals surface area contributed by atoms with Gasteiger partial charge in [-0.25, -0.2) is 4.79 Å². The van der Waals surface area contributed by atoms with Crippen LogP contribution in [0.1, 0.15) is 18.1 Å². The normalized spacial score (nSPS) is 9.00. The minimum atomic E-state index is -0.491. The molecule has 0 fully saturated rings. The van der Waals surface area contributed by atoms with Gasteiger partial charge < -0.3 is 4.74 Å². The Balaban J connectivity index is 2.80. The summed E-state index contributed by atoms with van der Waals surface area (Å²) in [7, 11) is 0. The van der Waals surface area contributed by atoms with Crippen molar-refractivity contribution in [3.8, 4) is 11.8 Å². The molecule has 78 valence electrons. The number of ether oxygens (including phenoxy) is 1. The van der Waals surface area contributed by atoms with Crippen molar-refractivity contribution >= 4 is 21.9 Å². The van der Waals surface area contributed by atoms with Gasteiger partial charge in [0.15, 0.2) is 0 Å². The van der Waals surface area contributed by atoms with Crippen molar-refractivity contribution in [2.75, 3.05) is 6.61 Å². The zero-order valence-electron chi connectivity index (χ0n) is 8.63.